The summed E-state index contributed by atoms with van der Waals surface area (Å²) in [7, 11) is 0. The Kier molecular flexibility index (Phi) is 5.73. The summed E-state index contributed by atoms with van der Waals surface area (Å²) in [6.07, 6.45) is 0.00769. The van der Waals surface area contributed by atoms with Crippen molar-refractivity contribution in [3.05, 3.63) is 95.8 Å². The van der Waals surface area contributed by atoms with E-state index < -0.39 is 29.8 Å². The lowest BCUT2D eigenvalue weighted by Crippen LogP contribution is -2.52. The number of amides is 2. The standard InChI is InChI=1S/C25H21FN2O4/c1-16(29)27(19-7-3-2-4-8-19)22-15-23(25(31)32)28(21-10-6-5-9-20(21)22)24(30)17-11-13-18(26)14-12-17/h2-14,22-23H,15H2,1H3,(H,31,32)/t22-,23-/m1/s1. The molecule has 0 bridgehead atoms. The van der Waals surface area contributed by atoms with E-state index in [1.165, 1.54) is 24.0 Å². The Labute approximate surface area is 184 Å². The predicted octanol–water partition coefficient (Wildman–Crippen LogP) is 4.42. The zero-order valence-electron chi connectivity index (χ0n) is 17.3. The van der Waals surface area contributed by atoms with E-state index in [0.717, 1.165) is 12.1 Å². The molecule has 0 saturated carbocycles. The maximum atomic E-state index is 13.4. The van der Waals surface area contributed by atoms with Gasteiger partial charge in [0, 0.05) is 24.6 Å². The van der Waals surface area contributed by atoms with Crippen LogP contribution in [0.3, 0.4) is 0 Å². The van der Waals surface area contributed by atoms with Gasteiger partial charge in [0.2, 0.25) is 5.91 Å². The van der Waals surface area contributed by atoms with E-state index in [1.807, 2.05) is 6.07 Å². The highest BCUT2D eigenvalue weighted by atomic mass is 19.1. The SMILES string of the molecule is CC(=O)N(c1ccccc1)[C@@H]1C[C@H](C(=O)O)N(C(=O)c2ccc(F)cc2)c2ccccc21. The van der Waals surface area contributed by atoms with Gasteiger partial charge < -0.3 is 10.0 Å². The van der Waals surface area contributed by atoms with Crippen molar-refractivity contribution in [1.29, 1.82) is 0 Å². The van der Waals surface area contributed by atoms with Crippen molar-refractivity contribution >= 4 is 29.2 Å². The molecule has 0 aliphatic carbocycles. The van der Waals surface area contributed by atoms with Crippen LogP contribution in [0.15, 0.2) is 78.9 Å². The third kappa shape index (κ3) is 3.85. The molecule has 1 N–H and O–H groups in total. The zero-order chi connectivity index (χ0) is 22.8. The van der Waals surface area contributed by atoms with Crippen molar-refractivity contribution in [2.45, 2.75) is 25.4 Å². The van der Waals surface area contributed by atoms with Gasteiger partial charge in [0.1, 0.15) is 11.9 Å². The molecule has 0 fully saturated rings. The molecular formula is C25H21FN2O4. The number of fused-ring (bicyclic) bond motifs is 1. The van der Waals surface area contributed by atoms with Gasteiger partial charge >= 0.3 is 5.97 Å². The van der Waals surface area contributed by atoms with Gasteiger partial charge in [-0.3, -0.25) is 14.5 Å². The first-order valence-electron chi connectivity index (χ1n) is 10.1. The molecule has 2 atom stereocenters. The van der Waals surface area contributed by atoms with Crippen LogP contribution in [0.2, 0.25) is 0 Å². The average Bonchev–Trinajstić information content (AvgIpc) is 2.79. The van der Waals surface area contributed by atoms with Gasteiger partial charge in [-0.2, -0.15) is 0 Å². The van der Waals surface area contributed by atoms with Crippen LogP contribution in [0.25, 0.3) is 0 Å². The molecule has 162 valence electrons. The van der Waals surface area contributed by atoms with Crippen LogP contribution >= 0.6 is 0 Å². The Hall–Kier alpha value is -4.00. The summed E-state index contributed by atoms with van der Waals surface area (Å²) in [6, 6.07) is 19.2. The first-order chi connectivity index (χ1) is 15.4. The number of carbonyl (C=O) groups excluding carboxylic acids is 2. The summed E-state index contributed by atoms with van der Waals surface area (Å²) < 4.78 is 13.4. The molecule has 7 heteroatoms. The van der Waals surface area contributed by atoms with Crippen LogP contribution < -0.4 is 9.80 Å². The molecule has 2 amide bonds. The molecule has 1 heterocycles. The first-order valence-corrected chi connectivity index (χ1v) is 10.1. The summed E-state index contributed by atoms with van der Waals surface area (Å²) in [5.74, 6) is -2.46. The number of hydrogen-bond donors (Lipinski definition) is 1. The molecule has 3 aromatic carbocycles. The maximum absolute atomic E-state index is 13.4. The van der Waals surface area contributed by atoms with Crippen LogP contribution in [0.5, 0.6) is 0 Å². The fraction of sp³-hybridized carbons (Fsp3) is 0.160. The lowest BCUT2D eigenvalue weighted by atomic mass is 9.88. The van der Waals surface area contributed by atoms with E-state index in [2.05, 4.69) is 0 Å². The number of benzene rings is 3. The van der Waals surface area contributed by atoms with Crippen LogP contribution in [-0.2, 0) is 9.59 Å². The van der Waals surface area contributed by atoms with Crippen molar-refractivity contribution < 1.29 is 23.9 Å². The van der Waals surface area contributed by atoms with Crippen molar-refractivity contribution in [2.75, 3.05) is 9.80 Å². The number of nitrogens with zero attached hydrogens (tertiary/aromatic N) is 2. The quantitative estimate of drug-likeness (QED) is 0.662. The van der Waals surface area contributed by atoms with Crippen molar-refractivity contribution in [2.24, 2.45) is 0 Å². The highest BCUT2D eigenvalue weighted by Crippen LogP contribution is 2.42. The number of rotatable bonds is 4. The first kappa shape index (κ1) is 21.2. The van der Waals surface area contributed by atoms with Gasteiger partial charge in [-0.15, -0.1) is 0 Å². The van der Waals surface area contributed by atoms with Gasteiger partial charge in [-0.05, 0) is 48.0 Å². The highest BCUT2D eigenvalue weighted by Gasteiger charge is 2.43. The number of carboxylic acid groups (broad SMARTS) is 1. The Bertz CT molecular complexity index is 1160. The molecule has 4 rings (SSSR count). The minimum absolute atomic E-state index is 0.00769. The second-order valence-corrected chi connectivity index (χ2v) is 7.57. The third-order valence-electron chi connectivity index (χ3n) is 5.59. The van der Waals surface area contributed by atoms with Gasteiger partial charge in [-0.25, -0.2) is 9.18 Å². The Morgan fingerprint density at radius 3 is 2.19 bits per heavy atom. The van der Waals surface area contributed by atoms with E-state index in [9.17, 15) is 23.9 Å². The monoisotopic (exact) mass is 432 g/mol. The van der Waals surface area contributed by atoms with Crippen molar-refractivity contribution in [3.63, 3.8) is 0 Å². The van der Waals surface area contributed by atoms with E-state index in [4.69, 9.17) is 0 Å². The second-order valence-electron chi connectivity index (χ2n) is 7.57. The number of para-hydroxylation sites is 2. The van der Waals surface area contributed by atoms with E-state index in [-0.39, 0.29) is 17.9 Å². The van der Waals surface area contributed by atoms with E-state index in [1.54, 1.807) is 53.4 Å². The minimum atomic E-state index is -1.21. The third-order valence-corrected chi connectivity index (χ3v) is 5.59. The lowest BCUT2D eigenvalue weighted by Gasteiger charge is -2.42. The molecule has 0 radical (unpaired) electrons. The van der Waals surface area contributed by atoms with Crippen LogP contribution in [0, 0.1) is 5.82 Å². The van der Waals surface area contributed by atoms with Gasteiger partial charge in [0.25, 0.3) is 5.91 Å². The summed E-state index contributed by atoms with van der Waals surface area (Å²) in [5.41, 5.74) is 1.90. The smallest absolute Gasteiger partial charge is 0.326 e. The molecule has 0 unspecified atom stereocenters. The Balaban J connectivity index is 1.85. The number of carbonyl (C=O) groups is 3. The fourth-order valence-electron chi connectivity index (χ4n) is 4.21. The Morgan fingerprint density at radius 2 is 1.56 bits per heavy atom. The fourth-order valence-corrected chi connectivity index (χ4v) is 4.21. The Morgan fingerprint density at radius 1 is 0.938 bits per heavy atom. The number of aliphatic carboxylic acids is 1. The zero-order valence-corrected chi connectivity index (χ0v) is 17.3. The number of halogens is 1. The molecule has 1 aliphatic rings. The largest absolute Gasteiger partial charge is 0.480 e. The lowest BCUT2D eigenvalue weighted by molar-refractivity contribution is -0.139. The second kappa shape index (κ2) is 8.63. The predicted molar refractivity (Wildman–Crippen MR) is 118 cm³/mol. The normalized spacial score (nSPS) is 17.4. The number of hydrogen-bond acceptors (Lipinski definition) is 3. The van der Waals surface area contributed by atoms with Crippen molar-refractivity contribution in [3.8, 4) is 0 Å². The topological polar surface area (TPSA) is 77.9 Å². The summed E-state index contributed by atoms with van der Waals surface area (Å²) in [6.45, 7) is 1.43. The van der Waals surface area contributed by atoms with Crippen molar-refractivity contribution in [1.82, 2.24) is 0 Å². The van der Waals surface area contributed by atoms with Gasteiger partial charge in [-0.1, -0.05) is 36.4 Å². The van der Waals surface area contributed by atoms with Crippen LogP contribution in [0.1, 0.15) is 35.3 Å². The minimum Gasteiger partial charge on any atom is -0.480 e. The van der Waals surface area contributed by atoms with Crippen LogP contribution in [0.4, 0.5) is 15.8 Å². The van der Waals surface area contributed by atoms with Gasteiger partial charge in [0.15, 0.2) is 0 Å². The molecule has 6 nitrogen and oxygen atoms in total. The summed E-state index contributed by atoms with van der Waals surface area (Å²) in [4.78, 5) is 41.1. The molecule has 0 spiro atoms. The van der Waals surface area contributed by atoms with E-state index in [0.29, 0.717) is 16.9 Å². The number of carboxylic acids is 1. The van der Waals surface area contributed by atoms with Gasteiger partial charge in [0.05, 0.1) is 11.7 Å². The molecule has 3 aromatic rings. The summed E-state index contributed by atoms with van der Waals surface area (Å²) >= 11 is 0. The molecule has 32 heavy (non-hydrogen) atoms. The number of anilines is 2. The molecule has 0 saturated heterocycles. The molecule has 1 aliphatic heterocycles. The maximum Gasteiger partial charge on any atom is 0.326 e. The highest BCUT2D eigenvalue weighted by molar-refractivity contribution is 6.10. The van der Waals surface area contributed by atoms with E-state index >= 15 is 0 Å². The molecular weight excluding hydrogens is 411 g/mol. The molecule has 0 aromatic heterocycles. The van der Waals surface area contributed by atoms with Crippen LogP contribution in [-0.4, -0.2) is 28.9 Å². The average molecular weight is 432 g/mol. The summed E-state index contributed by atoms with van der Waals surface area (Å²) in [5, 5.41) is 10.0.